The normalized spacial score (nSPS) is 20.2. The highest BCUT2D eigenvalue weighted by Crippen LogP contribution is 2.31. The van der Waals surface area contributed by atoms with Gasteiger partial charge in [-0.25, -0.2) is 13.1 Å². The largest absolute Gasteiger partial charge is 0.312 e. The lowest BCUT2D eigenvalue weighted by atomic mass is 9.88. The van der Waals surface area contributed by atoms with Crippen molar-refractivity contribution in [2.24, 2.45) is 0 Å². The molecule has 6 heteroatoms. The van der Waals surface area contributed by atoms with E-state index in [-0.39, 0.29) is 16.8 Å². The molecule has 2 aliphatic rings. The summed E-state index contributed by atoms with van der Waals surface area (Å²) in [6, 6.07) is 14.4. The number of anilines is 1. The molecule has 0 radical (unpaired) electrons. The highest BCUT2D eigenvalue weighted by molar-refractivity contribution is 7.89. The van der Waals surface area contributed by atoms with Crippen LogP contribution in [0.5, 0.6) is 0 Å². The van der Waals surface area contributed by atoms with E-state index in [1.54, 1.807) is 29.2 Å². The summed E-state index contributed by atoms with van der Waals surface area (Å²) in [5.74, 6) is 0.0949. The van der Waals surface area contributed by atoms with E-state index in [9.17, 15) is 13.2 Å². The number of carbonyl (C=O) groups is 1. The van der Waals surface area contributed by atoms with E-state index >= 15 is 0 Å². The quantitative estimate of drug-likeness (QED) is 0.899. The van der Waals surface area contributed by atoms with E-state index < -0.39 is 10.0 Å². The summed E-state index contributed by atoms with van der Waals surface area (Å²) in [5.41, 5.74) is 3.05. The minimum absolute atomic E-state index is 0.0949. The van der Waals surface area contributed by atoms with Gasteiger partial charge >= 0.3 is 0 Å². The molecule has 1 heterocycles. The maximum Gasteiger partial charge on any atom is 0.241 e. The molecular weight excluding hydrogens is 348 g/mol. The highest BCUT2D eigenvalue weighted by Gasteiger charge is 2.26. The molecule has 1 aliphatic carbocycles. The van der Waals surface area contributed by atoms with Crippen molar-refractivity contribution in [1.82, 2.24) is 4.72 Å². The molecule has 2 aromatic rings. The third-order valence-electron chi connectivity index (χ3n) is 5.20. The van der Waals surface area contributed by atoms with Crippen LogP contribution in [0.25, 0.3) is 0 Å². The van der Waals surface area contributed by atoms with Crippen LogP contribution in [-0.4, -0.2) is 20.9 Å². The van der Waals surface area contributed by atoms with Gasteiger partial charge in [-0.1, -0.05) is 24.3 Å². The summed E-state index contributed by atoms with van der Waals surface area (Å²) in [7, 11) is -3.61. The van der Waals surface area contributed by atoms with Crippen LogP contribution in [0.15, 0.2) is 53.4 Å². The number of amides is 1. The smallest absolute Gasteiger partial charge is 0.241 e. The minimum atomic E-state index is -3.61. The first-order valence-corrected chi connectivity index (χ1v) is 10.5. The van der Waals surface area contributed by atoms with Gasteiger partial charge in [-0.15, -0.1) is 0 Å². The molecule has 1 atom stereocenters. The van der Waals surface area contributed by atoms with Crippen molar-refractivity contribution < 1.29 is 13.2 Å². The Morgan fingerprint density at radius 1 is 0.962 bits per heavy atom. The summed E-state index contributed by atoms with van der Waals surface area (Å²) in [5, 5.41) is 0. The number of benzene rings is 2. The number of nitrogens with one attached hydrogen (secondary N) is 1. The molecule has 1 N–H and O–H groups in total. The van der Waals surface area contributed by atoms with Crippen molar-refractivity contribution >= 4 is 21.6 Å². The van der Waals surface area contributed by atoms with Gasteiger partial charge in [0.05, 0.1) is 4.90 Å². The van der Waals surface area contributed by atoms with E-state index in [0.29, 0.717) is 13.0 Å². The average Bonchev–Trinajstić information content (AvgIpc) is 3.08. The van der Waals surface area contributed by atoms with Gasteiger partial charge in [0.2, 0.25) is 15.9 Å². The predicted octanol–water partition coefficient (Wildman–Crippen LogP) is 3.17. The van der Waals surface area contributed by atoms with Crippen molar-refractivity contribution in [3.8, 4) is 0 Å². The summed E-state index contributed by atoms with van der Waals surface area (Å²) in [6.07, 6.45) is 4.17. The number of aryl methyl sites for hydroxylation is 1. The van der Waals surface area contributed by atoms with Gasteiger partial charge in [0.15, 0.2) is 0 Å². The SMILES string of the molecule is O=C1CCCN1c1ccc(S(=O)(=O)NC2CCCc3ccccc32)cc1. The maximum atomic E-state index is 12.8. The lowest BCUT2D eigenvalue weighted by Crippen LogP contribution is -2.31. The van der Waals surface area contributed by atoms with Crippen molar-refractivity contribution in [2.75, 3.05) is 11.4 Å². The third-order valence-corrected chi connectivity index (χ3v) is 6.69. The van der Waals surface area contributed by atoms with Crippen LogP contribution in [0.1, 0.15) is 42.9 Å². The van der Waals surface area contributed by atoms with Crippen molar-refractivity contribution in [1.29, 1.82) is 0 Å². The van der Waals surface area contributed by atoms with Crippen LogP contribution in [0, 0.1) is 0 Å². The molecule has 1 saturated heterocycles. The summed E-state index contributed by atoms with van der Waals surface area (Å²) >= 11 is 0. The molecule has 5 nitrogen and oxygen atoms in total. The standard InChI is InChI=1S/C20H22N2O3S/c23-20-9-4-14-22(20)16-10-12-17(13-11-16)26(24,25)21-19-8-3-6-15-5-1-2-7-18(15)19/h1-2,5,7,10-13,19,21H,3-4,6,8-9,14H2. The Morgan fingerprint density at radius 2 is 1.73 bits per heavy atom. The fourth-order valence-electron chi connectivity index (χ4n) is 3.86. The zero-order chi connectivity index (χ0) is 18.1. The van der Waals surface area contributed by atoms with Gasteiger partial charge in [-0.2, -0.15) is 0 Å². The molecule has 0 aromatic heterocycles. The Morgan fingerprint density at radius 3 is 2.46 bits per heavy atom. The molecule has 1 aliphatic heterocycles. The Labute approximate surface area is 154 Å². The molecule has 4 rings (SSSR count). The molecule has 26 heavy (non-hydrogen) atoms. The number of fused-ring (bicyclic) bond motifs is 1. The molecule has 0 saturated carbocycles. The van der Waals surface area contributed by atoms with Gasteiger partial charge < -0.3 is 4.90 Å². The Bertz CT molecular complexity index is 922. The van der Waals surface area contributed by atoms with Crippen LogP contribution >= 0.6 is 0 Å². The first-order chi connectivity index (χ1) is 12.5. The molecule has 2 aromatic carbocycles. The van der Waals surface area contributed by atoms with Crippen molar-refractivity contribution in [2.45, 2.75) is 43.0 Å². The average molecular weight is 370 g/mol. The van der Waals surface area contributed by atoms with Gasteiger partial charge in [0.25, 0.3) is 0 Å². The molecule has 1 unspecified atom stereocenters. The minimum Gasteiger partial charge on any atom is -0.312 e. The fraction of sp³-hybridized carbons (Fsp3) is 0.350. The van der Waals surface area contributed by atoms with E-state index in [1.807, 2.05) is 18.2 Å². The molecule has 1 fully saturated rings. The van der Waals surface area contributed by atoms with E-state index in [1.165, 1.54) is 5.56 Å². The molecule has 0 spiro atoms. The summed E-state index contributed by atoms with van der Waals surface area (Å²) < 4.78 is 28.5. The second kappa shape index (κ2) is 6.85. The van der Waals surface area contributed by atoms with Gasteiger partial charge in [0, 0.05) is 24.7 Å². The Balaban J connectivity index is 1.55. The zero-order valence-corrected chi connectivity index (χ0v) is 15.3. The third kappa shape index (κ3) is 3.27. The maximum absolute atomic E-state index is 12.8. The number of hydrogen-bond donors (Lipinski definition) is 1. The molecular formula is C20H22N2O3S. The fourth-order valence-corrected chi connectivity index (χ4v) is 5.11. The second-order valence-corrected chi connectivity index (χ2v) is 8.62. The van der Waals surface area contributed by atoms with E-state index in [0.717, 1.165) is 36.9 Å². The van der Waals surface area contributed by atoms with Crippen LogP contribution in [0.3, 0.4) is 0 Å². The summed E-state index contributed by atoms with van der Waals surface area (Å²) in [4.78, 5) is 13.8. The highest BCUT2D eigenvalue weighted by atomic mass is 32.2. The Hall–Kier alpha value is -2.18. The topological polar surface area (TPSA) is 66.5 Å². The monoisotopic (exact) mass is 370 g/mol. The van der Waals surface area contributed by atoms with E-state index in [2.05, 4.69) is 10.8 Å². The number of carbonyl (C=O) groups excluding carboxylic acids is 1. The first kappa shape index (κ1) is 17.2. The van der Waals surface area contributed by atoms with E-state index in [4.69, 9.17) is 0 Å². The lowest BCUT2D eigenvalue weighted by Gasteiger charge is -2.26. The number of hydrogen-bond acceptors (Lipinski definition) is 3. The predicted molar refractivity (Wildman–Crippen MR) is 100 cm³/mol. The Kier molecular flexibility index (Phi) is 4.54. The molecule has 1 amide bonds. The summed E-state index contributed by atoms with van der Waals surface area (Å²) in [6.45, 7) is 0.696. The van der Waals surface area contributed by atoms with Crippen LogP contribution in [0.4, 0.5) is 5.69 Å². The van der Waals surface area contributed by atoms with Crippen molar-refractivity contribution in [3.63, 3.8) is 0 Å². The lowest BCUT2D eigenvalue weighted by molar-refractivity contribution is -0.117. The molecule has 0 bridgehead atoms. The number of rotatable bonds is 4. The first-order valence-electron chi connectivity index (χ1n) is 9.05. The van der Waals surface area contributed by atoms with Gasteiger partial charge in [0.1, 0.15) is 0 Å². The zero-order valence-electron chi connectivity index (χ0n) is 14.5. The van der Waals surface area contributed by atoms with Crippen LogP contribution in [-0.2, 0) is 21.2 Å². The number of nitrogens with zero attached hydrogens (tertiary/aromatic N) is 1. The van der Waals surface area contributed by atoms with Gasteiger partial charge in [-0.3, -0.25) is 4.79 Å². The van der Waals surface area contributed by atoms with Crippen LogP contribution in [0.2, 0.25) is 0 Å². The van der Waals surface area contributed by atoms with Crippen molar-refractivity contribution in [3.05, 3.63) is 59.7 Å². The van der Waals surface area contributed by atoms with Gasteiger partial charge in [-0.05, 0) is 61.1 Å². The van der Waals surface area contributed by atoms with Crippen LogP contribution < -0.4 is 9.62 Å². The molecule has 136 valence electrons. The number of sulfonamides is 1. The second-order valence-electron chi connectivity index (χ2n) is 6.91.